The molecule has 2 rings (SSSR count). The first-order valence-corrected chi connectivity index (χ1v) is 5.13. The zero-order chi connectivity index (χ0) is 11.5. The maximum atomic E-state index is 11.3. The number of esters is 1. The Morgan fingerprint density at radius 2 is 2.12 bits per heavy atom. The van der Waals surface area contributed by atoms with Crippen molar-refractivity contribution >= 4 is 16.9 Å². The van der Waals surface area contributed by atoms with E-state index in [1.165, 1.54) is 7.11 Å². The highest BCUT2D eigenvalue weighted by atomic mass is 16.5. The lowest BCUT2D eigenvalue weighted by Gasteiger charge is -2.05. The van der Waals surface area contributed by atoms with Crippen molar-refractivity contribution in [1.29, 1.82) is 0 Å². The minimum atomic E-state index is -0.240. The molecular formula is C13H13NO2. The summed E-state index contributed by atoms with van der Waals surface area (Å²) in [7, 11) is 1.39. The molecule has 0 aliphatic heterocycles. The molecule has 2 aromatic rings. The van der Waals surface area contributed by atoms with Gasteiger partial charge in [-0.1, -0.05) is 24.3 Å². The first kappa shape index (κ1) is 10.6. The molecule has 16 heavy (non-hydrogen) atoms. The first-order chi connectivity index (χ1) is 7.70. The first-order valence-electron chi connectivity index (χ1n) is 5.13. The van der Waals surface area contributed by atoms with Crippen LogP contribution in [-0.4, -0.2) is 18.1 Å². The maximum Gasteiger partial charge on any atom is 0.310 e. The van der Waals surface area contributed by atoms with Gasteiger partial charge in [0.1, 0.15) is 0 Å². The van der Waals surface area contributed by atoms with Gasteiger partial charge in [0.2, 0.25) is 0 Å². The Labute approximate surface area is 94.1 Å². The van der Waals surface area contributed by atoms with Crippen LogP contribution in [0.3, 0.4) is 0 Å². The molecule has 0 N–H and O–H groups in total. The molecule has 0 aliphatic carbocycles. The van der Waals surface area contributed by atoms with E-state index in [0.29, 0.717) is 0 Å². The van der Waals surface area contributed by atoms with E-state index in [-0.39, 0.29) is 12.4 Å². The van der Waals surface area contributed by atoms with Crippen molar-refractivity contribution in [3.63, 3.8) is 0 Å². The van der Waals surface area contributed by atoms with Crippen LogP contribution in [-0.2, 0) is 16.0 Å². The summed E-state index contributed by atoms with van der Waals surface area (Å²) < 4.78 is 4.67. The largest absolute Gasteiger partial charge is 0.469 e. The highest BCUT2D eigenvalue weighted by Gasteiger charge is 2.07. The van der Waals surface area contributed by atoms with Crippen LogP contribution in [0.1, 0.15) is 11.3 Å². The third-order valence-electron chi connectivity index (χ3n) is 2.51. The van der Waals surface area contributed by atoms with Crippen LogP contribution in [0.4, 0.5) is 0 Å². The summed E-state index contributed by atoms with van der Waals surface area (Å²) in [5, 5.41) is 1.05. The fourth-order valence-electron chi connectivity index (χ4n) is 1.68. The van der Waals surface area contributed by atoms with Gasteiger partial charge in [-0.2, -0.15) is 0 Å². The zero-order valence-corrected chi connectivity index (χ0v) is 9.36. The number of ether oxygens (including phenoxy) is 1. The van der Waals surface area contributed by atoms with E-state index in [1.54, 1.807) is 0 Å². The monoisotopic (exact) mass is 215 g/mol. The number of carbonyl (C=O) groups excluding carboxylic acids is 1. The molecule has 0 aliphatic rings. The third-order valence-corrected chi connectivity index (χ3v) is 2.51. The summed E-state index contributed by atoms with van der Waals surface area (Å²) in [4.78, 5) is 15.7. The number of fused-ring (bicyclic) bond motifs is 1. The van der Waals surface area contributed by atoms with E-state index < -0.39 is 0 Å². The van der Waals surface area contributed by atoms with E-state index in [4.69, 9.17) is 0 Å². The number of aromatic nitrogens is 1. The van der Waals surface area contributed by atoms with Crippen LogP contribution in [0.15, 0.2) is 30.3 Å². The fraction of sp³-hybridized carbons (Fsp3) is 0.231. The fourth-order valence-corrected chi connectivity index (χ4v) is 1.68. The lowest BCUT2D eigenvalue weighted by molar-refractivity contribution is -0.139. The van der Waals surface area contributed by atoms with E-state index in [2.05, 4.69) is 9.72 Å². The second-order valence-corrected chi connectivity index (χ2v) is 3.69. The number of hydrogen-bond donors (Lipinski definition) is 0. The molecule has 0 saturated carbocycles. The summed E-state index contributed by atoms with van der Waals surface area (Å²) in [6, 6.07) is 9.80. The summed E-state index contributed by atoms with van der Waals surface area (Å²) in [5.41, 5.74) is 2.74. The van der Waals surface area contributed by atoms with E-state index in [1.807, 2.05) is 37.3 Å². The van der Waals surface area contributed by atoms with E-state index in [9.17, 15) is 4.79 Å². The summed E-state index contributed by atoms with van der Waals surface area (Å²) in [6.07, 6.45) is 0.268. The molecule has 3 nitrogen and oxygen atoms in total. The number of aryl methyl sites for hydroxylation is 1. The molecule has 0 fully saturated rings. The smallest absolute Gasteiger partial charge is 0.310 e. The van der Waals surface area contributed by atoms with Crippen LogP contribution in [0.2, 0.25) is 0 Å². The van der Waals surface area contributed by atoms with Crippen LogP contribution >= 0.6 is 0 Å². The number of rotatable bonds is 2. The van der Waals surface area contributed by atoms with E-state index >= 15 is 0 Å². The molecule has 82 valence electrons. The quantitative estimate of drug-likeness (QED) is 0.721. The molecule has 0 saturated heterocycles. The van der Waals surface area contributed by atoms with Gasteiger partial charge in [-0.25, -0.2) is 0 Å². The zero-order valence-electron chi connectivity index (χ0n) is 9.36. The number of hydrogen-bond acceptors (Lipinski definition) is 3. The predicted octanol–water partition coefficient (Wildman–Crippen LogP) is 2.26. The lowest BCUT2D eigenvalue weighted by Crippen LogP contribution is -2.05. The number of pyridine rings is 1. The highest BCUT2D eigenvalue weighted by molar-refractivity contribution is 5.86. The van der Waals surface area contributed by atoms with Gasteiger partial charge in [0, 0.05) is 11.1 Å². The molecule has 1 aromatic heterocycles. The van der Waals surface area contributed by atoms with Gasteiger partial charge in [-0.3, -0.25) is 9.78 Å². The Balaban J connectivity index is 2.52. The summed E-state index contributed by atoms with van der Waals surface area (Å²) in [5.74, 6) is -0.240. The van der Waals surface area contributed by atoms with Gasteiger partial charge in [0.05, 0.1) is 19.0 Å². The van der Waals surface area contributed by atoms with Crippen molar-refractivity contribution in [2.24, 2.45) is 0 Å². The number of benzene rings is 1. The Bertz CT molecular complexity index is 534. The molecule has 0 unspecified atom stereocenters. The molecule has 0 bridgehead atoms. The van der Waals surface area contributed by atoms with Crippen LogP contribution in [0.5, 0.6) is 0 Å². The Morgan fingerprint density at radius 1 is 1.31 bits per heavy atom. The van der Waals surface area contributed by atoms with Crippen LogP contribution in [0.25, 0.3) is 10.9 Å². The second-order valence-electron chi connectivity index (χ2n) is 3.69. The average Bonchev–Trinajstić information content (AvgIpc) is 2.29. The molecule has 0 spiro atoms. The normalized spacial score (nSPS) is 10.4. The van der Waals surface area contributed by atoms with Gasteiger partial charge in [0.25, 0.3) is 0 Å². The standard InChI is InChI=1S/C13H13NO2/c1-9-6-7-10-4-3-5-11(13(10)14-9)8-12(15)16-2/h3-7H,8H2,1-2H3. The van der Waals surface area contributed by atoms with Gasteiger partial charge < -0.3 is 4.74 Å². The Kier molecular flexibility index (Phi) is 2.86. The lowest BCUT2D eigenvalue weighted by atomic mass is 10.1. The number of para-hydroxylation sites is 1. The SMILES string of the molecule is COC(=O)Cc1cccc2ccc(C)nc12. The van der Waals surface area contributed by atoms with Crippen LogP contribution < -0.4 is 0 Å². The third kappa shape index (κ3) is 2.03. The van der Waals surface area contributed by atoms with E-state index in [0.717, 1.165) is 22.2 Å². The molecule has 0 amide bonds. The minimum Gasteiger partial charge on any atom is -0.469 e. The molecule has 0 radical (unpaired) electrons. The summed E-state index contributed by atoms with van der Waals surface area (Å²) >= 11 is 0. The van der Waals surface area contributed by atoms with Crippen molar-refractivity contribution in [2.45, 2.75) is 13.3 Å². The topological polar surface area (TPSA) is 39.2 Å². The van der Waals surface area contributed by atoms with Gasteiger partial charge in [-0.15, -0.1) is 0 Å². The molecule has 1 heterocycles. The predicted molar refractivity (Wildman–Crippen MR) is 62.2 cm³/mol. The minimum absolute atomic E-state index is 0.240. The Morgan fingerprint density at radius 3 is 2.88 bits per heavy atom. The maximum absolute atomic E-state index is 11.3. The van der Waals surface area contributed by atoms with Crippen molar-refractivity contribution < 1.29 is 9.53 Å². The number of carbonyl (C=O) groups is 1. The Hall–Kier alpha value is -1.90. The van der Waals surface area contributed by atoms with Crippen molar-refractivity contribution in [3.8, 4) is 0 Å². The van der Waals surface area contributed by atoms with Crippen molar-refractivity contribution in [1.82, 2.24) is 4.98 Å². The molecular weight excluding hydrogens is 202 g/mol. The molecule has 0 atom stereocenters. The van der Waals surface area contributed by atoms with Crippen molar-refractivity contribution in [2.75, 3.05) is 7.11 Å². The molecule has 1 aromatic carbocycles. The second kappa shape index (κ2) is 4.31. The number of methoxy groups -OCH3 is 1. The van der Waals surface area contributed by atoms with Gasteiger partial charge in [-0.05, 0) is 18.6 Å². The average molecular weight is 215 g/mol. The van der Waals surface area contributed by atoms with Crippen molar-refractivity contribution in [3.05, 3.63) is 41.6 Å². The summed E-state index contributed by atoms with van der Waals surface area (Å²) in [6.45, 7) is 1.94. The molecule has 3 heteroatoms. The van der Waals surface area contributed by atoms with Gasteiger partial charge in [0.15, 0.2) is 0 Å². The number of nitrogens with zero attached hydrogens (tertiary/aromatic N) is 1. The van der Waals surface area contributed by atoms with Crippen LogP contribution in [0, 0.1) is 6.92 Å². The van der Waals surface area contributed by atoms with Gasteiger partial charge >= 0.3 is 5.97 Å². The highest BCUT2D eigenvalue weighted by Crippen LogP contribution is 2.17.